The zero-order chi connectivity index (χ0) is 26.1. The number of aldehydes is 3. The van der Waals surface area contributed by atoms with Crippen LogP contribution in [0.5, 0.6) is 0 Å². The van der Waals surface area contributed by atoms with Crippen molar-refractivity contribution in [3.05, 3.63) is 70.4 Å². The minimum Gasteiger partial charge on any atom is -0.303 e. The Morgan fingerprint density at radius 2 is 0.909 bits per heavy atom. The third kappa shape index (κ3) is 37.1. The van der Waals surface area contributed by atoms with Crippen LogP contribution in [-0.2, 0) is 14.4 Å². The number of carbonyl (C=O) groups is 3. The highest BCUT2D eigenvalue weighted by molar-refractivity contribution is 5.54. The van der Waals surface area contributed by atoms with E-state index in [4.69, 9.17) is 0 Å². The zero-order valence-electron chi connectivity index (χ0n) is 22.5. The molecule has 0 aromatic carbocycles. The van der Waals surface area contributed by atoms with Gasteiger partial charge in [0.15, 0.2) is 0 Å². The van der Waals surface area contributed by atoms with Gasteiger partial charge in [-0.3, -0.25) is 0 Å². The van der Waals surface area contributed by atoms with Crippen LogP contribution in [0.3, 0.4) is 0 Å². The van der Waals surface area contributed by atoms with Gasteiger partial charge >= 0.3 is 0 Å². The highest BCUT2D eigenvalue weighted by Gasteiger charge is 1.90. The second-order valence-electron chi connectivity index (χ2n) is 8.82. The van der Waals surface area contributed by atoms with Crippen molar-refractivity contribution in [3.8, 4) is 0 Å². The van der Waals surface area contributed by atoms with E-state index >= 15 is 0 Å². The van der Waals surface area contributed by atoms with E-state index in [9.17, 15) is 14.4 Å². The molecule has 0 unspecified atom stereocenters. The molecule has 0 amide bonds. The van der Waals surface area contributed by atoms with Gasteiger partial charge in [-0.05, 0) is 81.1 Å². The Labute approximate surface area is 204 Å². The molecule has 33 heavy (non-hydrogen) atoms. The normalized spacial score (nSPS) is 10.3. The fraction of sp³-hybridized carbons (Fsp3) is 0.500. The smallest absolute Gasteiger partial charge is 0.124 e. The fourth-order valence-electron chi connectivity index (χ4n) is 2.21. The van der Waals surface area contributed by atoms with Crippen LogP contribution in [0.4, 0.5) is 0 Å². The van der Waals surface area contributed by atoms with Gasteiger partial charge in [-0.15, -0.1) is 0 Å². The molecule has 0 heterocycles. The lowest BCUT2D eigenvalue weighted by Gasteiger charge is -1.97. The van der Waals surface area contributed by atoms with Gasteiger partial charge in [0.05, 0.1) is 0 Å². The maximum absolute atomic E-state index is 10.1. The summed E-state index contributed by atoms with van der Waals surface area (Å²) >= 11 is 0. The van der Waals surface area contributed by atoms with Crippen LogP contribution in [0.1, 0.15) is 100 Å². The van der Waals surface area contributed by atoms with Crippen molar-refractivity contribution in [1.82, 2.24) is 0 Å². The van der Waals surface area contributed by atoms with Crippen LogP contribution in [0.15, 0.2) is 70.4 Å². The van der Waals surface area contributed by atoms with Crippen LogP contribution in [0, 0.1) is 0 Å². The summed E-state index contributed by atoms with van der Waals surface area (Å²) < 4.78 is 0. The Balaban J connectivity index is -0.000000409. The molecular formula is C30H48O3. The van der Waals surface area contributed by atoms with Crippen molar-refractivity contribution < 1.29 is 14.4 Å². The molecule has 0 bridgehead atoms. The van der Waals surface area contributed by atoms with Gasteiger partial charge in [0.2, 0.25) is 0 Å². The Kier molecular flexibility index (Phi) is 27.3. The van der Waals surface area contributed by atoms with Gasteiger partial charge in [-0.2, -0.15) is 0 Å². The molecule has 186 valence electrons. The predicted octanol–water partition coefficient (Wildman–Crippen LogP) is 8.63. The summed E-state index contributed by atoms with van der Waals surface area (Å²) in [5.41, 5.74) is 7.29. The first-order valence-electron chi connectivity index (χ1n) is 11.7. The highest BCUT2D eigenvalue weighted by atomic mass is 16.1. The molecular weight excluding hydrogens is 408 g/mol. The second-order valence-corrected chi connectivity index (χ2v) is 8.82. The van der Waals surface area contributed by atoms with Crippen LogP contribution in [0.2, 0.25) is 0 Å². The number of allylic oxidation sites excluding steroid dienone is 11. The van der Waals surface area contributed by atoms with Crippen molar-refractivity contribution in [1.29, 1.82) is 0 Å². The van der Waals surface area contributed by atoms with Gasteiger partial charge in [0, 0.05) is 19.3 Å². The van der Waals surface area contributed by atoms with E-state index in [1.807, 2.05) is 13.8 Å². The van der Waals surface area contributed by atoms with E-state index in [2.05, 4.69) is 78.5 Å². The molecule has 0 aliphatic rings. The predicted molar refractivity (Wildman–Crippen MR) is 145 cm³/mol. The maximum Gasteiger partial charge on any atom is 0.124 e. The zero-order valence-corrected chi connectivity index (χ0v) is 22.5. The first-order valence-corrected chi connectivity index (χ1v) is 11.7. The lowest BCUT2D eigenvalue weighted by atomic mass is 10.1. The lowest BCUT2D eigenvalue weighted by Crippen LogP contribution is -1.82. The van der Waals surface area contributed by atoms with Gasteiger partial charge in [0.1, 0.15) is 18.9 Å². The highest BCUT2D eigenvalue weighted by Crippen LogP contribution is 2.07. The Bertz CT molecular complexity index is 659. The lowest BCUT2D eigenvalue weighted by molar-refractivity contribution is -0.108. The standard InChI is InChI=1S/3C10H16O/c3*1-9(2)5-4-6-10(3)7-8-11/h2*5-6,8H,4,7H2,1-3H3;5,8H,3-4,6-7H2,1-2H3/b10-6+;10-6-;. The molecule has 0 N–H and O–H groups in total. The van der Waals surface area contributed by atoms with E-state index in [-0.39, 0.29) is 0 Å². The number of rotatable bonds is 13. The van der Waals surface area contributed by atoms with Crippen molar-refractivity contribution >= 4 is 18.9 Å². The minimum atomic E-state index is 0.511. The molecule has 0 rings (SSSR count). The fourth-order valence-corrected chi connectivity index (χ4v) is 2.21. The van der Waals surface area contributed by atoms with Gasteiger partial charge in [0.25, 0.3) is 0 Å². The number of hydrogen-bond donors (Lipinski definition) is 0. The Hall–Kier alpha value is -2.55. The van der Waals surface area contributed by atoms with Gasteiger partial charge in [-0.1, -0.05) is 70.4 Å². The van der Waals surface area contributed by atoms with Crippen LogP contribution in [-0.4, -0.2) is 18.9 Å². The van der Waals surface area contributed by atoms with Crippen molar-refractivity contribution in [2.75, 3.05) is 0 Å². The van der Waals surface area contributed by atoms with E-state index in [0.29, 0.717) is 19.3 Å². The Morgan fingerprint density at radius 1 is 0.545 bits per heavy atom. The molecule has 0 aromatic rings. The summed E-state index contributed by atoms with van der Waals surface area (Å²) in [5.74, 6) is 0. The largest absolute Gasteiger partial charge is 0.303 e. The second kappa shape index (κ2) is 25.7. The van der Waals surface area contributed by atoms with E-state index in [0.717, 1.165) is 61.3 Å². The number of hydrogen-bond acceptors (Lipinski definition) is 3. The molecule has 0 saturated heterocycles. The minimum absolute atomic E-state index is 0.511. The van der Waals surface area contributed by atoms with E-state index < -0.39 is 0 Å². The molecule has 3 nitrogen and oxygen atoms in total. The van der Waals surface area contributed by atoms with Gasteiger partial charge in [-0.25, -0.2) is 0 Å². The molecule has 0 aromatic heterocycles. The number of carbonyl (C=O) groups excluding carboxylic acids is 3. The summed E-state index contributed by atoms with van der Waals surface area (Å²) in [7, 11) is 0. The summed E-state index contributed by atoms with van der Waals surface area (Å²) in [4.78, 5) is 30.1. The average molecular weight is 457 g/mol. The van der Waals surface area contributed by atoms with E-state index in [1.165, 1.54) is 16.7 Å². The van der Waals surface area contributed by atoms with Crippen LogP contribution in [0.25, 0.3) is 0 Å². The molecule has 0 spiro atoms. The SMILES string of the molecule is C=C(CC=O)CCC=C(C)C.CC(C)=CC/C=C(/C)CC=O.CC(C)=CC/C=C(\C)CC=O. The molecule has 0 radical (unpaired) electrons. The average Bonchev–Trinajstić information content (AvgIpc) is 2.69. The first-order chi connectivity index (χ1) is 15.5. The molecule has 0 atom stereocenters. The van der Waals surface area contributed by atoms with Crippen molar-refractivity contribution in [2.45, 2.75) is 100 Å². The molecule has 0 aliphatic heterocycles. The third-order valence-corrected chi connectivity index (χ3v) is 4.22. The van der Waals surface area contributed by atoms with Crippen molar-refractivity contribution in [3.63, 3.8) is 0 Å². The van der Waals surface area contributed by atoms with Gasteiger partial charge < -0.3 is 14.4 Å². The van der Waals surface area contributed by atoms with Crippen LogP contribution < -0.4 is 0 Å². The monoisotopic (exact) mass is 456 g/mol. The first kappa shape index (κ1) is 35.0. The van der Waals surface area contributed by atoms with E-state index in [1.54, 1.807) is 0 Å². The summed E-state index contributed by atoms with van der Waals surface area (Å²) in [6.45, 7) is 20.2. The molecule has 0 saturated carbocycles. The topological polar surface area (TPSA) is 51.2 Å². The van der Waals surface area contributed by atoms with Crippen molar-refractivity contribution in [2.24, 2.45) is 0 Å². The third-order valence-electron chi connectivity index (χ3n) is 4.22. The molecule has 0 fully saturated rings. The summed E-state index contributed by atoms with van der Waals surface area (Å²) in [6, 6.07) is 0. The summed E-state index contributed by atoms with van der Waals surface area (Å²) in [6.07, 6.45) is 18.9. The quantitative estimate of drug-likeness (QED) is 0.206. The van der Waals surface area contributed by atoms with Crippen LogP contribution >= 0.6 is 0 Å². The molecule has 3 heteroatoms. The summed E-state index contributed by atoms with van der Waals surface area (Å²) in [5, 5.41) is 0. The molecule has 0 aliphatic carbocycles. The Morgan fingerprint density at radius 3 is 1.21 bits per heavy atom. The maximum atomic E-state index is 10.1.